The molecule has 0 saturated carbocycles. The van der Waals surface area contributed by atoms with Gasteiger partial charge in [0.1, 0.15) is 5.75 Å². The van der Waals surface area contributed by atoms with Gasteiger partial charge >= 0.3 is 11.9 Å². The fraction of sp³-hybridized carbons (Fsp3) is 0.200. The number of benzene rings is 3. The Bertz CT molecular complexity index is 881. The van der Waals surface area contributed by atoms with E-state index in [0.29, 0.717) is 16.9 Å². The van der Waals surface area contributed by atoms with E-state index in [4.69, 9.17) is 9.47 Å². The molecule has 3 aromatic rings. The molecule has 29 heavy (non-hydrogen) atoms. The van der Waals surface area contributed by atoms with Crippen LogP contribution in [0.3, 0.4) is 0 Å². The summed E-state index contributed by atoms with van der Waals surface area (Å²) in [6, 6.07) is 26.6. The van der Waals surface area contributed by atoms with Crippen LogP contribution >= 0.6 is 0 Å². The van der Waals surface area contributed by atoms with Crippen molar-refractivity contribution in [2.45, 2.75) is 25.2 Å². The zero-order valence-corrected chi connectivity index (χ0v) is 16.4. The van der Waals surface area contributed by atoms with Crippen molar-refractivity contribution in [2.24, 2.45) is 0 Å². The minimum Gasteiger partial charge on any atom is -0.464 e. The predicted octanol–water partition coefficient (Wildman–Crippen LogP) is 4.92. The molecule has 0 amide bonds. The number of rotatable bonds is 8. The highest BCUT2D eigenvalue weighted by atomic mass is 16.6. The molecule has 0 unspecified atom stereocenters. The molecule has 0 atom stereocenters. The van der Waals surface area contributed by atoms with Crippen LogP contribution in [-0.4, -0.2) is 18.5 Å². The Balaban J connectivity index is 2.13. The summed E-state index contributed by atoms with van der Waals surface area (Å²) < 4.78 is 11.3. The van der Waals surface area contributed by atoms with Crippen molar-refractivity contribution in [1.29, 1.82) is 0 Å². The standard InChI is InChI=1S/C25H24O4/c1-2-3-19-28-23(26)25(20-13-7-4-8-14-20,21-15-9-5-10-16-21)24(27)29-22-17-11-6-12-18-22/h4-18H,2-3,19H2,1H3. The fourth-order valence-corrected chi connectivity index (χ4v) is 3.19. The van der Waals surface area contributed by atoms with E-state index in [1.165, 1.54) is 0 Å². The first-order chi connectivity index (χ1) is 14.2. The normalized spacial score (nSPS) is 10.9. The van der Waals surface area contributed by atoms with Gasteiger partial charge in [0.15, 0.2) is 0 Å². The Kier molecular flexibility index (Phi) is 6.80. The molecule has 0 aliphatic heterocycles. The summed E-state index contributed by atoms with van der Waals surface area (Å²) in [5.41, 5.74) is -0.700. The highest BCUT2D eigenvalue weighted by molar-refractivity contribution is 6.10. The number of ether oxygens (including phenoxy) is 2. The largest absolute Gasteiger partial charge is 0.464 e. The smallest absolute Gasteiger partial charge is 0.338 e. The molecule has 0 aliphatic carbocycles. The predicted molar refractivity (Wildman–Crippen MR) is 112 cm³/mol. The molecule has 0 spiro atoms. The van der Waals surface area contributed by atoms with E-state index in [9.17, 15) is 9.59 Å². The van der Waals surface area contributed by atoms with E-state index in [1.807, 2.05) is 25.1 Å². The van der Waals surface area contributed by atoms with E-state index in [1.54, 1.807) is 72.8 Å². The molecule has 0 fully saturated rings. The van der Waals surface area contributed by atoms with Crippen LogP contribution in [0.5, 0.6) is 5.75 Å². The lowest BCUT2D eigenvalue weighted by Gasteiger charge is -2.30. The van der Waals surface area contributed by atoms with Crippen LogP contribution in [0.25, 0.3) is 0 Å². The number of hydrogen-bond acceptors (Lipinski definition) is 4. The Hall–Kier alpha value is -3.40. The minimum atomic E-state index is -1.72. The number of hydrogen-bond donors (Lipinski definition) is 0. The van der Waals surface area contributed by atoms with Crippen molar-refractivity contribution in [3.63, 3.8) is 0 Å². The molecular weight excluding hydrogens is 364 g/mol. The highest BCUT2D eigenvalue weighted by Crippen LogP contribution is 2.36. The highest BCUT2D eigenvalue weighted by Gasteiger charge is 2.52. The molecule has 4 nitrogen and oxygen atoms in total. The monoisotopic (exact) mass is 388 g/mol. The molecule has 4 heteroatoms. The minimum absolute atomic E-state index is 0.245. The quantitative estimate of drug-likeness (QED) is 0.238. The van der Waals surface area contributed by atoms with Crippen LogP contribution in [-0.2, 0) is 19.7 Å². The molecule has 0 aromatic heterocycles. The van der Waals surface area contributed by atoms with Crippen molar-refractivity contribution in [3.05, 3.63) is 102 Å². The van der Waals surface area contributed by atoms with Crippen molar-refractivity contribution >= 4 is 11.9 Å². The zero-order chi connectivity index (χ0) is 20.5. The summed E-state index contributed by atoms with van der Waals surface area (Å²) in [6.45, 7) is 2.26. The van der Waals surface area contributed by atoms with E-state index < -0.39 is 17.4 Å². The first-order valence-corrected chi connectivity index (χ1v) is 9.75. The van der Waals surface area contributed by atoms with Gasteiger partial charge in [0.05, 0.1) is 6.61 Å². The third-order valence-electron chi connectivity index (χ3n) is 4.71. The van der Waals surface area contributed by atoms with Crippen LogP contribution < -0.4 is 4.74 Å². The lowest BCUT2D eigenvalue weighted by Crippen LogP contribution is -2.48. The maximum absolute atomic E-state index is 13.6. The molecule has 0 saturated heterocycles. The van der Waals surface area contributed by atoms with Crippen molar-refractivity contribution in [3.8, 4) is 5.75 Å². The Morgan fingerprint density at radius 1 is 0.724 bits per heavy atom. The van der Waals surface area contributed by atoms with Crippen LogP contribution in [0.15, 0.2) is 91.0 Å². The summed E-state index contributed by atoms with van der Waals surface area (Å²) >= 11 is 0. The van der Waals surface area contributed by atoms with Gasteiger partial charge in [-0.3, -0.25) is 4.79 Å². The van der Waals surface area contributed by atoms with Gasteiger partial charge in [-0.2, -0.15) is 0 Å². The molecule has 0 aliphatic rings. The molecule has 3 rings (SSSR count). The maximum Gasteiger partial charge on any atom is 0.338 e. The van der Waals surface area contributed by atoms with Gasteiger partial charge < -0.3 is 9.47 Å². The van der Waals surface area contributed by atoms with Crippen LogP contribution in [0, 0.1) is 0 Å². The van der Waals surface area contributed by atoms with Crippen molar-refractivity contribution in [1.82, 2.24) is 0 Å². The van der Waals surface area contributed by atoms with Crippen LogP contribution in [0.1, 0.15) is 30.9 Å². The second kappa shape index (κ2) is 9.69. The van der Waals surface area contributed by atoms with Crippen LogP contribution in [0.4, 0.5) is 0 Å². The summed E-state index contributed by atoms with van der Waals surface area (Å²) in [7, 11) is 0. The van der Waals surface area contributed by atoms with Gasteiger partial charge in [-0.05, 0) is 29.7 Å². The van der Waals surface area contributed by atoms with Crippen molar-refractivity contribution < 1.29 is 19.1 Å². The number of esters is 2. The third kappa shape index (κ3) is 4.37. The number of carbonyl (C=O) groups is 2. The third-order valence-corrected chi connectivity index (χ3v) is 4.71. The summed E-state index contributed by atoms with van der Waals surface area (Å²) in [6.07, 6.45) is 1.60. The first-order valence-electron chi connectivity index (χ1n) is 9.75. The topological polar surface area (TPSA) is 52.6 Å². The Morgan fingerprint density at radius 2 is 1.21 bits per heavy atom. The van der Waals surface area contributed by atoms with Gasteiger partial charge in [0.25, 0.3) is 0 Å². The fourth-order valence-electron chi connectivity index (χ4n) is 3.19. The summed E-state index contributed by atoms with van der Waals surface area (Å²) in [5.74, 6) is -0.957. The van der Waals surface area contributed by atoms with E-state index in [2.05, 4.69) is 0 Å². The molecule has 0 heterocycles. The van der Waals surface area contributed by atoms with Crippen molar-refractivity contribution in [2.75, 3.05) is 6.61 Å². The maximum atomic E-state index is 13.6. The van der Waals surface area contributed by atoms with Gasteiger partial charge in [-0.1, -0.05) is 92.2 Å². The number of carbonyl (C=O) groups excluding carboxylic acids is 2. The molecular formula is C25H24O4. The Morgan fingerprint density at radius 3 is 1.69 bits per heavy atom. The average molecular weight is 388 g/mol. The molecule has 0 radical (unpaired) electrons. The molecule has 148 valence electrons. The SMILES string of the molecule is CCCCOC(=O)C(C(=O)Oc1ccccc1)(c1ccccc1)c1ccccc1. The van der Waals surface area contributed by atoms with Gasteiger partial charge in [0.2, 0.25) is 5.41 Å². The van der Waals surface area contributed by atoms with Crippen LogP contribution in [0.2, 0.25) is 0 Å². The lowest BCUT2D eigenvalue weighted by molar-refractivity contribution is -0.158. The van der Waals surface area contributed by atoms with E-state index >= 15 is 0 Å². The van der Waals surface area contributed by atoms with Gasteiger partial charge in [0, 0.05) is 0 Å². The average Bonchev–Trinajstić information content (AvgIpc) is 2.77. The van der Waals surface area contributed by atoms with Gasteiger partial charge in [-0.15, -0.1) is 0 Å². The second-order valence-corrected chi connectivity index (χ2v) is 6.67. The zero-order valence-electron chi connectivity index (χ0n) is 16.4. The number of unbranched alkanes of at least 4 members (excludes halogenated alkanes) is 1. The van der Waals surface area contributed by atoms with E-state index in [-0.39, 0.29) is 6.61 Å². The Labute approximate surface area is 171 Å². The summed E-state index contributed by atoms with van der Waals surface area (Å²) in [4.78, 5) is 27.0. The van der Waals surface area contributed by atoms with Gasteiger partial charge in [-0.25, -0.2) is 4.79 Å². The lowest BCUT2D eigenvalue weighted by atomic mass is 9.74. The summed E-state index contributed by atoms with van der Waals surface area (Å²) in [5, 5.41) is 0. The molecule has 0 N–H and O–H groups in total. The van der Waals surface area contributed by atoms with E-state index in [0.717, 1.165) is 12.8 Å². The second-order valence-electron chi connectivity index (χ2n) is 6.67. The first kappa shape index (κ1) is 20.3. The number of para-hydroxylation sites is 1. The molecule has 3 aromatic carbocycles. The molecule has 0 bridgehead atoms.